The molecule has 1 aliphatic heterocycles. The van der Waals surface area contributed by atoms with Crippen molar-refractivity contribution in [2.75, 3.05) is 13.7 Å². The summed E-state index contributed by atoms with van der Waals surface area (Å²) in [7, 11) is 1.58. The van der Waals surface area contributed by atoms with Gasteiger partial charge in [-0.05, 0) is 66.7 Å². The number of hydrogen-bond donors (Lipinski definition) is 2. The minimum Gasteiger partial charge on any atom is -0.508 e. The zero-order valence-corrected chi connectivity index (χ0v) is 15.2. The minimum atomic E-state index is -0.208. The van der Waals surface area contributed by atoms with Crippen LogP contribution in [-0.2, 0) is 4.79 Å². The molecule has 134 valence electrons. The summed E-state index contributed by atoms with van der Waals surface area (Å²) in [5.41, 5.74) is 1.48. The Morgan fingerprint density at radius 1 is 1.19 bits per heavy atom. The smallest absolute Gasteiger partial charge is 0.264 e. The van der Waals surface area contributed by atoms with Crippen molar-refractivity contribution < 1.29 is 19.4 Å². The number of rotatable bonds is 5. The summed E-state index contributed by atoms with van der Waals surface area (Å²) in [4.78, 5) is 17.1. The summed E-state index contributed by atoms with van der Waals surface area (Å²) in [5.74, 6) is 1.24. The number of nitrogens with one attached hydrogen (secondary N) is 1. The molecular weight excluding hydrogens is 352 g/mol. The van der Waals surface area contributed by atoms with E-state index in [1.54, 1.807) is 37.5 Å². The maximum atomic E-state index is 12.2. The molecule has 26 heavy (non-hydrogen) atoms. The van der Waals surface area contributed by atoms with Crippen molar-refractivity contribution >= 4 is 34.6 Å². The summed E-state index contributed by atoms with van der Waals surface area (Å²) in [5, 5.41) is 12.5. The highest BCUT2D eigenvalue weighted by molar-refractivity contribution is 8.18. The van der Waals surface area contributed by atoms with Crippen molar-refractivity contribution in [1.29, 1.82) is 0 Å². The van der Waals surface area contributed by atoms with Crippen LogP contribution in [0.4, 0.5) is 5.69 Å². The number of thioether (sulfide) groups is 1. The van der Waals surface area contributed by atoms with Crippen molar-refractivity contribution in [2.24, 2.45) is 4.99 Å². The number of phenolic OH excluding ortho intramolecular Hbond substituents is 1. The van der Waals surface area contributed by atoms with Crippen LogP contribution in [0.1, 0.15) is 12.5 Å². The Balaban J connectivity index is 1.81. The zero-order chi connectivity index (χ0) is 18.5. The highest BCUT2D eigenvalue weighted by atomic mass is 32.2. The van der Waals surface area contributed by atoms with Gasteiger partial charge in [-0.1, -0.05) is 6.07 Å². The van der Waals surface area contributed by atoms with Gasteiger partial charge in [-0.15, -0.1) is 0 Å². The molecule has 6 nitrogen and oxygen atoms in total. The number of carbonyl (C=O) groups is 1. The lowest BCUT2D eigenvalue weighted by Crippen LogP contribution is -2.19. The van der Waals surface area contributed by atoms with E-state index in [1.807, 2.05) is 25.1 Å². The summed E-state index contributed by atoms with van der Waals surface area (Å²) in [6.07, 6.45) is 1.78. The third-order valence-electron chi connectivity index (χ3n) is 3.52. The Bertz CT molecular complexity index is 876. The number of phenols is 1. The van der Waals surface area contributed by atoms with E-state index >= 15 is 0 Å². The number of ether oxygens (including phenoxy) is 2. The summed E-state index contributed by atoms with van der Waals surface area (Å²) >= 11 is 1.26. The number of methoxy groups -OCH3 is 1. The summed E-state index contributed by atoms with van der Waals surface area (Å²) in [6, 6.07) is 11.9. The Morgan fingerprint density at radius 2 is 1.96 bits per heavy atom. The number of amides is 1. The molecule has 0 aliphatic carbocycles. The molecule has 2 N–H and O–H groups in total. The second-order valence-corrected chi connectivity index (χ2v) is 6.37. The highest BCUT2D eigenvalue weighted by Gasteiger charge is 2.24. The first-order chi connectivity index (χ1) is 12.6. The van der Waals surface area contributed by atoms with Crippen LogP contribution in [0.2, 0.25) is 0 Å². The zero-order valence-electron chi connectivity index (χ0n) is 14.4. The van der Waals surface area contributed by atoms with Crippen LogP contribution < -0.4 is 14.8 Å². The summed E-state index contributed by atoms with van der Waals surface area (Å²) in [6.45, 7) is 2.45. The van der Waals surface area contributed by atoms with Crippen molar-refractivity contribution in [3.05, 3.63) is 52.9 Å². The Labute approximate surface area is 155 Å². The van der Waals surface area contributed by atoms with Crippen LogP contribution in [0.15, 0.2) is 52.4 Å². The maximum absolute atomic E-state index is 12.2. The van der Waals surface area contributed by atoms with Crippen LogP contribution in [0.3, 0.4) is 0 Å². The van der Waals surface area contributed by atoms with Crippen molar-refractivity contribution in [1.82, 2.24) is 5.32 Å². The molecular formula is C19H18N2O4S. The molecule has 0 radical (unpaired) electrons. The van der Waals surface area contributed by atoms with E-state index < -0.39 is 0 Å². The van der Waals surface area contributed by atoms with Gasteiger partial charge in [0.1, 0.15) is 5.75 Å². The second kappa shape index (κ2) is 7.97. The third kappa shape index (κ3) is 4.18. The standard InChI is InChI=1S/C19H18N2O4S/c1-3-25-15-9-4-12(10-16(15)24-2)11-17-18(23)21-19(26-17)20-13-5-7-14(22)8-6-13/h4-11,22H,3H2,1-2H3,(H,20,21,23)/b17-11+. The number of aromatic hydroxyl groups is 1. The molecule has 1 fully saturated rings. The Kier molecular flexibility index (Phi) is 5.48. The van der Waals surface area contributed by atoms with Gasteiger partial charge in [-0.2, -0.15) is 0 Å². The molecule has 2 aromatic rings. The fraction of sp³-hybridized carbons (Fsp3) is 0.158. The number of aliphatic imine (C=N–C) groups is 1. The second-order valence-electron chi connectivity index (χ2n) is 5.34. The highest BCUT2D eigenvalue weighted by Crippen LogP contribution is 2.32. The average Bonchev–Trinajstić information content (AvgIpc) is 2.97. The van der Waals surface area contributed by atoms with Crippen LogP contribution in [0.5, 0.6) is 17.2 Å². The number of carbonyl (C=O) groups excluding carboxylic acids is 1. The molecule has 0 atom stereocenters. The fourth-order valence-corrected chi connectivity index (χ4v) is 3.17. The largest absolute Gasteiger partial charge is 0.508 e. The molecule has 1 heterocycles. The molecule has 1 aliphatic rings. The quantitative estimate of drug-likeness (QED) is 0.785. The van der Waals surface area contributed by atoms with Gasteiger partial charge in [0.15, 0.2) is 16.7 Å². The topological polar surface area (TPSA) is 80.2 Å². The lowest BCUT2D eigenvalue weighted by molar-refractivity contribution is -0.115. The van der Waals surface area contributed by atoms with Gasteiger partial charge in [0.25, 0.3) is 5.91 Å². The normalized spacial score (nSPS) is 16.8. The lowest BCUT2D eigenvalue weighted by atomic mass is 10.2. The molecule has 0 spiro atoms. The predicted molar refractivity (Wildman–Crippen MR) is 103 cm³/mol. The van der Waals surface area contributed by atoms with Gasteiger partial charge in [0.05, 0.1) is 24.3 Å². The van der Waals surface area contributed by atoms with Gasteiger partial charge in [0.2, 0.25) is 0 Å². The molecule has 2 aromatic carbocycles. The first-order valence-corrected chi connectivity index (χ1v) is 8.80. The van der Waals surface area contributed by atoms with E-state index in [4.69, 9.17) is 9.47 Å². The van der Waals surface area contributed by atoms with E-state index in [0.717, 1.165) is 5.56 Å². The monoisotopic (exact) mass is 370 g/mol. The molecule has 1 saturated heterocycles. The van der Waals surface area contributed by atoms with Crippen LogP contribution >= 0.6 is 11.8 Å². The van der Waals surface area contributed by atoms with Crippen LogP contribution in [0.25, 0.3) is 6.08 Å². The van der Waals surface area contributed by atoms with E-state index in [9.17, 15) is 9.90 Å². The molecule has 0 saturated carbocycles. The molecule has 3 rings (SSSR count). The average molecular weight is 370 g/mol. The third-order valence-corrected chi connectivity index (χ3v) is 4.43. The summed E-state index contributed by atoms with van der Waals surface area (Å²) < 4.78 is 10.8. The number of amidine groups is 1. The predicted octanol–water partition coefficient (Wildman–Crippen LogP) is 3.69. The van der Waals surface area contributed by atoms with E-state index in [1.165, 1.54) is 11.8 Å². The van der Waals surface area contributed by atoms with Crippen molar-refractivity contribution in [2.45, 2.75) is 6.92 Å². The van der Waals surface area contributed by atoms with Crippen molar-refractivity contribution in [3.63, 3.8) is 0 Å². The van der Waals surface area contributed by atoms with Crippen molar-refractivity contribution in [3.8, 4) is 17.2 Å². The van der Waals surface area contributed by atoms with E-state index in [0.29, 0.717) is 33.9 Å². The van der Waals surface area contributed by atoms with E-state index in [2.05, 4.69) is 10.3 Å². The molecule has 1 amide bonds. The van der Waals surface area contributed by atoms with Gasteiger partial charge in [0, 0.05) is 0 Å². The van der Waals surface area contributed by atoms with Gasteiger partial charge < -0.3 is 19.9 Å². The minimum absolute atomic E-state index is 0.169. The molecule has 0 aromatic heterocycles. The SMILES string of the molecule is CCOc1ccc(/C=C2/SC(=Nc3ccc(O)cc3)NC2=O)cc1OC. The Morgan fingerprint density at radius 3 is 2.65 bits per heavy atom. The number of benzene rings is 2. The Hall–Kier alpha value is -2.93. The van der Waals surface area contributed by atoms with Gasteiger partial charge in [-0.3, -0.25) is 4.79 Å². The first-order valence-electron chi connectivity index (χ1n) is 7.98. The lowest BCUT2D eigenvalue weighted by Gasteiger charge is -2.09. The first kappa shape index (κ1) is 17.9. The van der Waals surface area contributed by atoms with Gasteiger partial charge in [-0.25, -0.2) is 4.99 Å². The van der Waals surface area contributed by atoms with Crippen LogP contribution in [0, 0.1) is 0 Å². The maximum Gasteiger partial charge on any atom is 0.264 e. The van der Waals surface area contributed by atoms with E-state index in [-0.39, 0.29) is 11.7 Å². The molecule has 0 bridgehead atoms. The molecule has 0 unspecified atom stereocenters. The number of hydrogen-bond acceptors (Lipinski definition) is 6. The van der Waals surface area contributed by atoms with Gasteiger partial charge >= 0.3 is 0 Å². The van der Waals surface area contributed by atoms with Crippen LogP contribution in [-0.4, -0.2) is 29.9 Å². The number of nitrogens with zero attached hydrogens (tertiary/aromatic N) is 1. The fourth-order valence-electron chi connectivity index (χ4n) is 2.33. The molecule has 7 heteroatoms.